The van der Waals surface area contributed by atoms with Gasteiger partial charge in [-0.1, -0.05) is 13.0 Å². The van der Waals surface area contributed by atoms with Crippen molar-refractivity contribution in [3.05, 3.63) is 52.7 Å². The van der Waals surface area contributed by atoms with Gasteiger partial charge in [0.15, 0.2) is 0 Å². The molecular weight excluding hydrogens is 254 g/mol. The van der Waals surface area contributed by atoms with Crippen LogP contribution in [0.5, 0.6) is 5.75 Å². The van der Waals surface area contributed by atoms with E-state index in [0.717, 1.165) is 13.0 Å². The maximum atomic E-state index is 11.9. The van der Waals surface area contributed by atoms with Crippen LogP contribution in [0.15, 0.2) is 41.5 Å². The lowest BCUT2D eigenvalue weighted by Gasteiger charge is -2.06. The fourth-order valence-corrected chi connectivity index (χ4v) is 1.95. The zero-order valence-corrected chi connectivity index (χ0v) is 11.5. The first-order valence-corrected chi connectivity index (χ1v) is 6.63. The molecular formula is C15H17N3O2. The van der Waals surface area contributed by atoms with Crippen molar-refractivity contribution in [1.82, 2.24) is 9.13 Å². The summed E-state index contributed by atoms with van der Waals surface area (Å²) in [6, 6.07) is 9.05. The van der Waals surface area contributed by atoms with Gasteiger partial charge in [0, 0.05) is 18.9 Å². The molecule has 5 nitrogen and oxygen atoms in total. The van der Waals surface area contributed by atoms with E-state index >= 15 is 0 Å². The van der Waals surface area contributed by atoms with E-state index in [9.17, 15) is 4.79 Å². The highest BCUT2D eigenvalue weighted by atomic mass is 16.5. The monoisotopic (exact) mass is 271 g/mol. The van der Waals surface area contributed by atoms with Crippen molar-refractivity contribution in [3.8, 4) is 11.8 Å². The lowest BCUT2D eigenvalue weighted by molar-refractivity contribution is 0.295. The maximum absolute atomic E-state index is 11.9. The minimum Gasteiger partial charge on any atom is -0.492 e. The van der Waals surface area contributed by atoms with Crippen molar-refractivity contribution in [2.45, 2.75) is 26.4 Å². The standard InChI is InChI=1S/C15H17N3O2/c1-2-6-17-7-8-18(15(17)19)9-10-20-14-5-3-4-13(11-14)12-16/h3-5,7-8,11H,2,6,9-10H2,1H3. The van der Waals surface area contributed by atoms with Gasteiger partial charge in [0.25, 0.3) is 0 Å². The molecule has 1 aromatic heterocycles. The fraction of sp³-hybridized carbons (Fsp3) is 0.333. The normalized spacial score (nSPS) is 10.2. The number of aromatic nitrogens is 2. The van der Waals surface area contributed by atoms with Crippen LogP contribution in [0, 0.1) is 11.3 Å². The minimum absolute atomic E-state index is 0.0128. The molecule has 0 radical (unpaired) electrons. The van der Waals surface area contributed by atoms with Gasteiger partial charge in [0.05, 0.1) is 18.2 Å². The number of imidazole rings is 1. The Bertz CT molecular complexity index is 664. The number of hydrogen-bond donors (Lipinski definition) is 0. The largest absolute Gasteiger partial charge is 0.492 e. The number of rotatable bonds is 6. The van der Waals surface area contributed by atoms with Crippen molar-refractivity contribution in [1.29, 1.82) is 5.26 Å². The van der Waals surface area contributed by atoms with Crippen LogP contribution < -0.4 is 10.4 Å². The predicted molar refractivity (Wildman–Crippen MR) is 75.6 cm³/mol. The number of hydrogen-bond acceptors (Lipinski definition) is 3. The van der Waals surface area contributed by atoms with Gasteiger partial charge in [0.2, 0.25) is 0 Å². The molecule has 0 spiro atoms. The highest BCUT2D eigenvalue weighted by molar-refractivity contribution is 5.36. The van der Waals surface area contributed by atoms with Crippen LogP contribution in [0.1, 0.15) is 18.9 Å². The van der Waals surface area contributed by atoms with Crippen LogP contribution in [-0.2, 0) is 13.1 Å². The third-order valence-electron chi connectivity index (χ3n) is 2.95. The molecule has 1 aromatic carbocycles. The van der Waals surface area contributed by atoms with E-state index < -0.39 is 0 Å². The van der Waals surface area contributed by atoms with Gasteiger partial charge in [0.1, 0.15) is 12.4 Å². The molecule has 2 rings (SSSR count). The number of benzene rings is 1. The summed E-state index contributed by atoms with van der Waals surface area (Å²) in [5, 5.41) is 8.80. The van der Waals surface area contributed by atoms with E-state index in [1.165, 1.54) is 0 Å². The smallest absolute Gasteiger partial charge is 0.328 e. The maximum Gasteiger partial charge on any atom is 0.328 e. The molecule has 0 N–H and O–H groups in total. The van der Waals surface area contributed by atoms with Crippen LogP contribution >= 0.6 is 0 Å². The van der Waals surface area contributed by atoms with Crippen molar-refractivity contribution in [2.75, 3.05) is 6.61 Å². The van der Waals surface area contributed by atoms with Crippen LogP contribution in [0.4, 0.5) is 0 Å². The van der Waals surface area contributed by atoms with Crippen LogP contribution in [-0.4, -0.2) is 15.7 Å². The highest BCUT2D eigenvalue weighted by Crippen LogP contribution is 2.12. The summed E-state index contributed by atoms with van der Waals surface area (Å²) < 4.78 is 8.88. The average molecular weight is 271 g/mol. The SMILES string of the molecule is CCCn1ccn(CCOc2cccc(C#N)c2)c1=O. The Morgan fingerprint density at radius 1 is 1.25 bits per heavy atom. The summed E-state index contributed by atoms with van der Waals surface area (Å²) >= 11 is 0. The average Bonchev–Trinajstić information content (AvgIpc) is 2.81. The Kier molecular flexibility index (Phi) is 4.61. The van der Waals surface area contributed by atoms with E-state index in [-0.39, 0.29) is 5.69 Å². The molecule has 1 heterocycles. The number of nitrogens with zero attached hydrogens (tertiary/aromatic N) is 3. The Morgan fingerprint density at radius 3 is 2.70 bits per heavy atom. The summed E-state index contributed by atoms with van der Waals surface area (Å²) in [7, 11) is 0. The Morgan fingerprint density at radius 2 is 2.00 bits per heavy atom. The Labute approximate surface area is 117 Å². The number of aryl methyl sites for hydroxylation is 1. The quantitative estimate of drug-likeness (QED) is 0.807. The molecule has 0 saturated heterocycles. The second kappa shape index (κ2) is 6.62. The Hall–Kier alpha value is -2.48. The van der Waals surface area contributed by atoms with Crippen molar-refractivity contribution in [2.24, 2.45) is 0 Å². The summed E-state index contributed by atoms with van der Waals surface area (Å²) in [5.74, 6) is 0.644. The van der Waals surface area contributed by atoms with E-state index in [4.69, 9.17) is 10.00 Å². The molecule has 0 aliphatic carbocycles. The zero-order valence-electron chi connectivity index (χ0n) is 11.5. The van der Waals surface area contributed by atoms with Gasteiger partial charge in [-0.15, -0.1) is 0 Å². The summed E-state index contributed by atoms with van der Waals surface area (Å²) in [5.41, 5.74) is 0.551. The molecule has 0 saturated carbocycles. The van der Waals surface area contributed by atoms with Gasteiger partial charge in [-0.25, -0.2) is 4.79 Å². The summed E-state index contributed by atoms with van der Waals surface area (Å²) in [6.45, 7) is 3.66. The fourth-order valence-electron chi connectivity index (χ4n) is 1.95. The number of nitriles is 1. The molecule has 0 aliphatic heterocycles. The molecule has 0 atom stereocenters. The molecule has 20 heavy (non-hydrogen) atoms. The first-order valence-electron chi connectivity index (χ1n) is 6.63. The van der Waals surface area contributed by atoms with E-state index in [1.807, 2.05) is 6.92 Å². The predicted octanol–water partition coefficient (Wildman–Crippen LogP) is 2.01. The van der Waals surface area contributed by atoms with Crippen LogP contribution in [0.25, 0.3) is 0 Å². The molecule has 0 unspecified atom stereocenters. The van der Waals surface area contributed by atoms with E-state index in [2.05, 4.69) is 6.07 Å². The van der Waals surface area contributed by atoms with Crippen LogP contribution in [0.2, 0.25) is 0 Å². The molecule has 0 aliphatic rings. The molecule has 2 aromatic rings. The van der Waals surface area contributed by atoms with Crippen molar-refractivity contribution in [3.63, 3.8) is 0 Å². The molecule has 0 bridgehead atoms. The second-order valence-electron chi connectivity index (χ2n) is 4.46. The van der Waals surface area contributed by atoms with Gasteiger partial charge >= 0.3 is 5.69 Å². The van der Waals surface area contributed by atoms with Crippen LogP contribution in [0.3, 0.4) is 0 Å². The topological polar surface area (TPSA) is 59.9 Å². The molecule has 104 valence electrons. The van der Waals surface area contributed by atoms with Crippen molar-refractivity contribution >= 4 is 0 Å². The van der Waals surface area contributed by atoms with Crippen molar-refractivity contribution < 1.29 is 4.74 Å². The zero-order chi connectivity index (χ0) is 14.4. The first-order chi connectivity index (χ1) is 9.74. The van der Waals surface area contributed by atoms with E-state index in [0.29, 0.717) is 24.5 Å². The Balaban J connectivity index is 1.93. The van der Waals surface area contributed by atoms with Gasteiger partial charge in [-0.2, -0.15) is 5.26 Å². The first kappa shape index (κ1) is 13.9. The summed E-state index contributed by atoms with van der Waals surface area (Å²) in [6.07, 6.45) is 4.50. The third kappa shape index (κ3) is 3.29. The van der Waals surface area contributed by atoms with E-state index in [1.54, 1.807) is 45.8 Å². The lowest BCUT2D eigenvalue weighted by Crippen LogP contribution is -2.25. The van der Waals surface area contributed by atoms with Gasteiger partial charge < -0.3 is 4.74 Å². The third-order valence-corrected chi connectivity index (χ3v) is 2.95. The van der Waals surface area contributed by atoms with Gasteiger partial charge in [-0.05, 0) is 24.6 Å². The number of ether oxygens (including phenoxy) is 1. The molecule has 5 heteroatoms. The molecule has 0 fully saturated rings. The minimum atomic E-state index is -0.0128. The lowest BCUT2D eigenvalue weighted by atomic mass is 10.2. The van der Waals surface area contributed by atoms with Gasteiger partial charge in [-0.3, -0.25) is 9.13 Å². The summed E-state index contributed by atoms with van der Waals surface area (Å²) in [4.78, 5) is 11.9. The molecule has 0 amide bonds. The highest BCUT2D eigenvalue weighted by Gasteiger charge is 2.02. The second-order valence-corrected chi connectivity index (χ2v) is 4.46.